The molecule has 2 aromatic heterocycles. The Kier molecular flexibility index (Phi) is 5.45. The Morgan fingerprint density at radius 3 is 2.62 bits per heavy atom. The van der Waals surface area contributed by atoms with Crippen LogP contribution >= 0.6 is 12.4 Å². The molecule has 0 fully saturated rings. The molecule has 1 N–H and O–H groups in total. The number of nitrogens with one attached hydrogen (secondary N) is 1. The zero-order valence-electron chi connectivity index (χ0n) is 13.6. The molecule has 1 aromatic carbocycles. The fourth-order valence-electron chi connectivity index (χ4n) is 2.75. The van der Waals surface area contributed by atoms with Crippen molar-refractivity contribution < 1.29 is 4.39 Å². The molecule has 0 aliphatic carbocycles. The number of fused-ring (bicyclic) bond motifs is 1. The van der Waals surface area contributed by atoms with E-state index >= 15 is 0 Å². The molecule has 0 saturated carbocycles. The minimum Gasteiger partial charge on any atom is -0.379 e. The minimum absolute atomic E-state index is 0. The molecule has 0 unspecified atom stereocenters. The van der Waals surface area contributed by atoms with E-state index < -0.39 is 0 Å². The van der Waals surface area contributed by atoms with E-state index in [1.165, 1.54) is 23.1 Å². The van der Waals surface area contributed by atoms with Gasteiger partial charge in [-0.25, -0.2) is 4.39 Å². The van der Waals surface area contributed by atoms with Crippen LogP contribution < -0.4 is 5.32 Å². The van der Waals surface area contributed by atoms with E-state index in [4.69, 9.17) is 0 Å². The molecule has 0 aliphatic rings. The summed E-state index contributed by atoms with van der Waals surface area (Å²) in [6.45, 7) is 8.39. The Balaban J connectivity index is 0.00000208. The number of hydrogen-bond acceptors (Lipinski definition) is 2. The molecule has 0 radical (unpaired) electrons. The average molecular weight is 344 g/mol. The van der Waals surface area contributed by atoms with Gasteiger partial charge in [-0.15, -0.1) is 18.1 Å². The maximum atomic E-state index is 13.0. The monoisotopic (exact) mass is 343 g/mol. The second kappa shape index (κ2) is 7.35. The molecule has 0 aliphatic heterocycles. The Hall–Kier alpha value is -2.55. The quantitative estimate of drug-likeness (QED) is 0.669. The predicted molar refractivity (Wildman–Crippen MR) is 100 cm³/mol. The lowest BCUT2D eigenvalue weighted by Crippen LogP contribution is -2.04. The normalized spacial score (nSPS) is 10.1. The SMILES string of the molecule is C=C=Cn1c(C)c(C)c2ccnc(CNc3ccc(F)cc3)c21.Cl. The third kappa shape index (κ3) is 3.21. The van der Waals surface area contributed by atoms with Gasteiger partial charge in [0.1, 0.15) is 5.82 Å². The van der Waals surface area contributed by atoms with Crippen molar-refractivity contribution in [2.24, 2.45) is 0 Å². The average Bonchev–Trinajstić information content (AvgIpc) is 2.80. The van der Waals surface area contributed by atoms with Gasteiger partial charge in [0.15, 0.2) is 0 Å². The summed E-state index contributed by atoms with van der Waals surface area (Å²) in [5, 5.41) is 4.45. The number of pyridine rings is 1. The number of aryl methyl sites for hydroxylation is 1. The molecular formula is C19H19ClFN3. The van der Waals surface area contributed by atoms with E-state index in [2.05, 4.69) is 41.0 Å². The van der Waals surface area contributed by atoms with Crippen LogP contribution in [-0.4, -0.2) is 9.55 Å². The molecule has 0 bridgehead atoms. The van der Waals surface area contributed by atoms with Crippen LogP contribution in [0.5, 0.6) is 0 Å². The summed E-state index contributed by atoms with van der Waals surface area (Å²) < 4.78 is 15.0. The Morgan fingerprint density at radius 1 is 1.25 bits per heavy atom. The fraction of sp³-hybridized carbons (Fsp3) is 0.158. The Morgan fingerprint density at radius 2 is 1.96 bits per heavy atom. The van der Waals surface area contributed by atoms with Crippen molar-refractivity contribution in [1.82, 2.24) is 9.55 Å². The fourth-order valence-corrected chi connectivity index (χ4v) is 2.75. The van der Waals surface area contributed by atoms with Crippen LogP contribution in [0.2, 0.25) is 0 Å². The first-order valence-corrected chi connectivity index (χ1v) is 7.42. The summed E-state index contributed by atoms with van der Waals surface area (Å²) in [5.74, 6) is -0.243. The molecule has 0 amide bonds. The van der Waals surface area contributed by atoms with E-state index in [-0.39, 0.29) is 18.2 Å². The van der Waals surface area contributed by atoms with Crippen LogP contribution in [0, 0.1) is 19.7 Å². The standard InChI is InChI=1S/C19H18FN3.ClH/c1-4-11-23-14(3)13(2)17-9-10-21-18(19(17)23)12-22-16-7-5-15(20)6-8-16;/h5-11,22H,1,12H2,2-3H3;1H. The zero-order chi connectivity index (χ0) is 16.4. The molecule has 0 saturated heterocycles. The van der Waals surface area contributed by atoms with Crippen molar-refractivity contribution in [2.75, 3.05) is 5.32 Å². The number of hydrogen-bond donors (Lipinski definition) is 1. The second-order valence-electron chi connectivity index (χ2n) is 5.43. The van der Waals surface area contributed by atoms with Crippen molar-refractivity contribution >= 4 is 35.2 Å². The highest BCUT2D eigenvalue weighted by molar-refractivity contribution is 5.88. The highest BCUT2D eigenvalue weighted by Gasteiger charge is 2.13. The summed E-state index contributed by atoms with van der Waals surface area (Å²) in [6.07, 6.45) is 3.64. The van der Waals surface area contributed by atoms with Crippen molar-refractivity contribution in [3.8, 4) is 0 Å². The smallest absolute Gasteiger partial charge is 0.123 e. The first-order valence-electron chi connectivity index (χ1n) is 7.42. The van der Waals surface area contributed by atoms with E-state index in [0.29, 0.717) is 6.54 Å². The molecule has 5 heteroatoms. The summed E-state index contributed by atoms with van der Waals surface area (Å²) in [7, 11) is 0. The van der Waals surface area contributed by atoms with Crippen molar-refractivity contribution in [2.45, 2.75) is 20.4 Å². The van der Waals surface area contributed by atoms with Crippen molar-refractivity contribution in [1.29, 1.82) is 0 Å². The number of rotatable bonds is 4. The van der Waals surface area contributed by atoms with Gasteiger partial charge in [0, 0.05) is 23.0 Å². The summed E-state index contributed by atoms with van der Waals surface area (Å²) >= 11 is 0. The van der Waals surface area contributed by atoms with Gasteiger partial charge in [-0.2, -0.15) is 0 Å². The van der Waals surface area contributed by atoms with Crippen molar-refractivity contribution in [3.05, 3.63) is 71.6 Å². The molecule has 24 heavy (non-hydrogen) atoms. The molecule has 0 atom stereocenters. The Labute approximate surface area is 146 Å². The number of halogens is 2. The number of benzene rings is 1. The van der Waals surface area contributed by atoms with Gasteiger partial charge in [0.2, 0.25) is 0 Å². The first kappa shape index (κ1) is 17.8. The lowest BCUT2D eigenvalue weighted by Gasteiger charge is -2.09. The van der Waals surface area contributed by atoms with E-state index in [0.717, 1.165) is 22.6 Å². The summed E-state index contributed by atoms with van der Waals surface area (Å²) in [6, 6.07) is 8.33. The molecule has 124 valence electrons. The third-order valence-electron chi connectivity index (χ3n) is 4.07. The highest BCUT2D eigenvalue weighted by atomic mass is 35.5. The summed E-state index contributed by atoms with van der Waals surface area (Å²) in [4.78, 5) is 4.51. The van der Waals surface area contributed by atoms with Crippen LogP contribution in [0.15, 0.2) is 48.8 Å². The maximum absolute atomic E-state index is 13.0. The third-order valence-corrected chi connectivity index (χ3v) is 4.07. The van der Waals surface area contributed by atoms with E-state index in [1.807, 2.05) is 18.5 Å². The molecule has 0 spiro atoms. The van der Waals surface area contributed by atoms with Crippen LogP contribution in [0.1, 0.15) is 17.0 Å². The van der Waals surface area contributed by atoms with Gasteiger partial charge < -0.3 is 9.88 Å². The molecule has 2 heterocycles. The van der Waals surface area contributed by atoms with Crippen LogP contribution in [0.4, 0.5) is 10.1 Å². The molecule has 3 aromatic rings. The van der Waals surface area contributed by atoms with E-state index in [1.54, 1.807) is 12.1 Å². The largest absolute Gasteiger partial charge is 0.379 e. The molecule has 3 nitrogen and oxygen atoms in total. The number of nitrogens with zero attached hydrogens (tertiary/aromatic N) is 2. The minimum atomic E-state index is -0.243. The van der Waals surface area contributed by atoms with Gasteiger partial charge in [0.25, 0.3) is 0 Å². The lowest BCUT2D eigenvalue weighted by atomic mass is 10.1. The zero-order valence-corrected chi connectivity index (χ0v) is 14.5. The summed E-state index contributed by atoms with van der Waals surface area (Å²) in [5.41, 5.74) is 8.03. The van der Waals surface area contributed by atoms with Gasteiger partial charge in [-0.05, 0) is 49.7 Å². The van der Waals surface area contributed by atoms with E-state index in [9.17, 15) is 4.39 Å². The van der Waals surface area contributed by atoms with Gasteiger partial charge in [0.05, 0.1) is 24.0 Å². The highest BCUT2D eigenvalue weighted by Crippen LogP contribution is 2.27. The van der Waals surface area contributed by atoms with Gasteiger partial charge >= 0.3 is 0 Å². The van der Waals surface area contributed by atoms with Crippen LogP contribution in [0.3, 0.4) is 0 Å². The first-order chi connectivity index (χ1) is 11.1. The Bertz CT molecular complexity index is 907. The molecular weight excluding hydrogens is 325 g/mol. The second-order valence-corrected chi connectivity index (χ2v) is 5.43. The molecule has 3 rings (SSSR count). The van der Waals surface area contributed by atoms with Crippen molar-refractivity contribution in [3.63, 3.8) is 0 Å². The van der Waals surface area contributed by atoms with Gasteiger partial charge in [-0.3, -0.25) is 4.98 Å². The number of aromatic nitrogens is 2. The van der Waals surface area contributed by atoms with Gasteiger partial charge in [-0.1, -0.05) is 6.58 Å². The maximum Gasteiger partial charge on any atom is 0.123 e. The van der Waals surface area contributed by atoms with Crippen LogP contribution in [-0.2, 0) is 6.54 Å². The predicted octanol–water partition coefficient (Wildman–Crippen LogP) is 5.08. The van der Waals surface area contributed by atoms with Crippen LogP contribution in [0.25, 0.3) is 17.1 Å². The number of anilines is 1. The topological polar surface area (TPSA) is 29.9 Å². The lowest BCUT2D eigenvalue weighted by molar-refractivity contribution is 0.628.